The van der Waals surface area contributed by atoms with Crippen molar-refractivity contribution in [1.82, 2.24) is 19.5 Å². The zero-order valence-electron chi connectivity index (χ0n) is 34.0. The Hall–Kier alpha value is -8.61. The molecule has 0 radical (unpaired) electrons. The number of hydrogen-bond donors (Lipinski definition) is 0. The molecule has 0 atom stereocenters. The SMILES string of the molecule is c1ccc(-c2ccc(N(c3ccccc3)c3cccc4oc5cc(-c6nc(-c7ccccc7)nc(-c7cccc(-n8c9ccccc9c9ccccc98)c7)n6)ccc5c34)cc2)cc1. The van der Waals surface area contributed by atoms with Crippen molar-refractivity contribution in [2.75, 3.05) is 4.90 Å². The largest absolute Gasteiger partial charge is 0.456 e. The Bertz CT molecular complexity index is 3560. The van der Waals surface area contributed by atoms with Crippen molar-refractivity contribution in [2.45, 2.75) is 0 Å². The van der Waals surface area contributed by atoms with Crippen LogP contribution in [0.4, 0.5) is 17.1 Å². The van der Waals surface area contributed by atoms with Crippen LogP contribution in [-0.4, -0.2) is 19.5 Å². The van der Waals surface area contributed by atoms with E-state index < -0.39 is 0 Å². The Morgan fingerprint density at radius 1 is 0.349 bits per heavy atom. The minimum atomic E-state index is 0.563. The monoisotopic (exact) mass is 807 g/mol. The Balaban J connectivity index is 0.983. The molecule has 6 heteroatoms. The molecule has 12 aromatic rings. The smallest absolute Gasteiger partial charge is 0.164 e. The summed E-state index contributed by atoms with van der Waals surface area (Å²) >= 11 is 0. The van der Waals surface area contributed by atoms with Gasteiger partial charge in [-0.3, -0.25) is 0 Å². The highest BCUT2D eigenvalue weighted by atomic mass is 16.3. The fraction of sp³-hybridized carbons (Fsp3) is 0. The van der Waals surface area contributed by atoms with Crippen LogP contribution in [0, 0.1) is 0 Å². The molecule has 0 aliphatic heterocycles. The highest BCUT2D eigenvalue weighted by Crippen LogP contribution is 2.44. The predicted molar refractivity (Wildman–Crippen MR) is 258 cm³/mol. The van der Waals surface area contributed by atoms with Gasteiger partial charge in [0.2, 0.25) is 0 Å². The van der Waals surface area contributed by atoms with Gasteiger partial charge in [-0.05, 0) is 83.9 Å². The van der Waals surface area contributed by atoms with Crippen LogP contribution in [0.25, 0.3) is 94.7 Å². The van der Waals surface area contributed by atoms with Crippen molar-refractivity contribution in [2.24, 2.45) is 0 Å². The lowest BCUT2D eigenvalue weighted by atomic mass is 10.0. The normalized spacial score (nSPS) is 11.5. The van der Waals surface area contributed by atoms with Gasteiger partial charge in [0.25, 0.3) is 0 Å². The van der Waals surface area contributed by atoms with Crippen molar-refractivity contribution < 1.29 is 4.42 Å². The van der Waals surface area contributed by atoms with Gasteiger partial charge >= 0.3 is 0 Å². The molecule has 0 bridgehead atoms. The van der Waals surface area contributed by atoms with E-state index in [1.54, 1.807) is 0 Å². The van der Waals surface area contributed by atoms with Crippen LogP contribution in [0.2, 0.25) is 0 Å². The van der Waals surface area contributed by atoms with Crippen LogP contribution < -0.4 is 4.90 Å². The summed E-state index contributed by atoms with van der Waals surface area (Å²) in [5, 5.41) is 4.46. The third kappa shape index (κ3) is 6.40. The first-order chi connectivity index (χ1) is 31.2. The second-order valence-corrected chi connectivity index (χ2v) is 15.6. The molecular weight excluding hydrogens is 771 g/mol. The number of benzene rings is 9. The van der Waals surface area contributed by atoms with Gasteiger partial charge in [-0.1, -0.05) is 152 Å². The molecule has 0 aliphatic rings. The fourth-order valence-electron chi connectivity index (χ4n) is 8.91. The molecule has 0 fully saturated rings. The van der Waals surface area contributed by atoms with Crippen molar-refractivity contribution in [1.29, 1.82) is 0 Å². The topological polar surface area (TPSA) is 60.0 Å². The average Bonchev–Trinajstić information content (AvgIpc) is 3.91. The minimum absolute atomic E-state index is 0.563. The van der Waals surface area contributed by atoms with Gasteiger partial charge in [-0.15, -0.1) is 0 Å². The maximum atomic E-state index is 6.71. The molecule has 63 heavy (non-hydrogen) atoms. The van der Waals surface area contributed by atoms with Gasteiger partial charge in [0, 0.05) is 49.9 Å². The van der Waals surface area contributed by atoms with E-state index in [-0.39, 0.29) is 0 Å². The lowest BCUT2D eigenvalue weighted by molar-refractivity contribution is 0.669. The predicted octanol–water partition coefficient (Wildman–Crippen LogP) is 15.0. The van der Waals surface area contributed by atoms with E-state index in [2.05, 4.69) is 185 Å². The molecule has 0 spiro atoms. The first-order valence-electron chi connectivity index (χ1n) is 21.1. The van der Waals surface area contributed by atoms with E-state index in [4.69, 9.17) is 19.4 Å². The summed E-state index contributed by atoms with van der Waals surface area (Å²) in [4.78, 5) is 17.7. The number of furan rings is 1. The molecule has 0 unspecified atom stereocenters. The molecular formula is C57H37N5O. The third-order valence-electron chi connectivity index (χ3n) is 11.8. The molecule has 3 aromatic heterocycles. The van der Waals surface area contributed by atoms with E-state index in [1.165, 1.54) is 21.9 Å². The number of hydrogen-bond acceptors (Lipinski definition) is 5. The highest BCUT2D eigenvalue weighted by Gasteiger charge is 2.21. The molecule has 9 aromatic carbocycles. The quantitative estimate of drug-likeness (QED) is 0.153. The maximum absolute atomic E-state index is 6.71. The van der Waals surface area contributed by atoms with Gasteiger partial charge in [-0.25, -0.2) is 15.0 Å². The number of para-hydroxylation sites is 3. The molecule has 296 valence electrons. The Morgan fingerprint density at radius 3 is 1.54 bits per heavy atom. The summed E-state index contributed by atoms with van der Waals surface area (Å²) in [6.07, 6.45) is 0. The Labute approximate surface area is 363 Å². The van der Waals surface area contributed by atoms with Crippen LogP contribution in [0.5, 0.6) is 0 Å². The minimum Gasteiger partial charge on any atom is -0.456 e. The maximum Gasteiger partial charge on any atom is 0.164 e. The lowest BCUT2D eigenvalue weighted by Crippen LogP contribution is -2.10. The summed E-state index contributed by atoms with van der Waals surface area (Å²) in [7, 11) is 0. The number of rotatable bonds is 8. The molecule has 6 nitrogen and oxygen atoms in total. The molecule has 12 rings (SSSR count). The van der Waals surface area contributed by atoms with E-state index >= 15 is 0 Å². The number of aromatic nitrogens is 4. The molecule has 0 aliphatic carbocycles. The van der Waals surface area contributed by atoms with Gasteiger partial charge in [0.15, 0.2) is 17.5 Å². The van der Waals surface area contributed by atoms with Crippen LogP contribution in [0.1, 0.15) is 0 Å². The fourth-order valence-corrected chi connectivity index (χ4v) is 8.91. The van der Waals surface area contributed by atoms with Crippen LogP contribution in [-0.2, 0) is 0 Å². The molecule has 0 saturated heterocycles. The first kappa shape index (κ1) is 36.3. The summed E-state index contributed by atoms with van der Waals surface area (Å²) in [6, 6.07) is 78.0. The molecule has 0 N–H and O–H groups in total. The molecule has 0 saturated carbocycles. The number of anilines is 3. The van der Waals surface area contributed by atoms with Crippen molar-refractivity contribution in [3.8, 4) is 51.0 Å². The van der Waals surface area contributed by atoms with Crippen LogP contribution in [0.15, 0.2) is 229 Å². The summed E-state index contributed by atoms with van der Waals surface area (Å²) in [5.74, 6) is 1.75. The summed E-state index contributed by atoms with van der Waals surface area (Å²) in [6.45, 7) is 0. The lowest BCUT2D eigenvalue weighted by Gasteiger charge is -2.26. The molecule has 0 amide bonds. The number of nitrogens with zero attached hydrogens (tertiary/aromatic N) is 5. The van der Waals surface area contributed by atoms with E-state index in [1.807, 2.05) is 48.5 Å². The third-order valence-corrected chi connectivity index (χ3v) is 11.8. The Morgan fingerprint density at radius 2 is 0.857 bits per heavy atom. The van der Waals surface area contributed by atoms with E-state index in [0.29, 0.717) is 17.5 Å². The molecule has 3 heterocycles. The van der Waals surface area contributed by atoms with Crippen LogP contribution in [0.3, 0.4) is 0 Å². The standard InChI is InChI=1S/C57H37N5O/c1-4-16-38(17-5-1)39-30-33-44(34-31-39)61(43-21-8-3-9-22-43)51-28-15-29-52-54(51)48-35-32-42(37-53(48)63-52)57-59-55(40-18-6-2-7-19-40)58-56(60-57)41-20-14-23-45(36-41)62-49-26-12-10-24-46(49)47-25-11-13-27-50(47)62/h1-37H. The van der Waals surface area contributed by atoms with Gasteiger partial charge in [0.1, 0.15) is 11.2 Å². The zero-order valence-corrected chi connectivity index (χ0v) is 34.0. The average molecular weight is 808 g/mol. The van der Waals surface area contributed by atoms with Gasteiger partial charge in [0.05, 0.1) is 22.1 Å². The van der Waals surface area contributed by atoms with Crippen molar-refractivity contribution >= 4 is 60.8 Å². The van der Waals surface area contributed by atoms with Gasteiger partial charge in [-0.2, -0.15) is 0 Å². The van der Waals surface area contributed by atoms with E-state index in [0.717, 1.165) is 72.4 Å². The van der Waals surface area contributed by atoms with Crippen LogP contribution >= 0.6 is 0 Å². The first-order valence-corrected chi connectivity index (χ1v) is 21.1. The van der Waals surface area contributed by atoms with Gasteiger partial charge < -0.3 is 13.9 Å². The number of fused-ring (bicyclic) bond motifs is 6. The van der Waals surface area contributed by atoms with E-state index in [9.17, 15) is 0 Å². The zero-order chi connectivity index (χ0) is 41.7. The van der Waals surface area contributed by atoms with Crippen molar-refractivity contribution in [3.05, 3.63) is 224 Å². The highest BCUT2D eigenvalue weighted by molar-refractivity contribution is 6.14. The summed E-state index contributed by atoms with van der Waals surface area (Å²) < 4.78 is 9.03. The summed E-state index contributed by atoms with van der Waals surface area (Å²) in [5.41, 5.74) is 13.0. The second-order valence-electron chi connectivity index (χ2n) is 15.6. The Kier molecular flexibility index (Phi) is 8.71. The second kappa shape index (κ2) is 15.1. The van der Waals surface area contributed by atoms with Crippen molar-refractivity contribution in [3.63, 3.8) is 0 Å².